The van der Waals surface area contributed by atoms with E-state index in [0.717, 1.165) is 5.56 Å². The topological polar surface area (TPSA) is 12.0 Å². The molecule has 1 N–H and O–H groups in total. The van der Waals surface area contributed by atoms with Gasteiger partial charge in [0.05, 0.1) is 5.02 Å². The van der Waals surface area contributed by atoms with Crippen LogP contribution >= 0.6 is 23.2 Å². The highest BCUT2D eigenvalue weighted by atomic mass is 35.5. The third kappa shape index (κ3) is 3.94. The molecule has 2 aromatic rings. The molecule has 2 aromatic carbocycles. The largest absolute Gasteiger partial charge is 0.304 e. The van der Waals surface area contributed by atoms with E-state index in [-0.39, 0.29) is 22.9 Å². The molecule has 0 aliphatic heterocycles. The molecule has 5 heteroatoms. The zero-order chi connectivity index (χ0) is 15.6. The summed E-state index contributed by atoms with van der Waals surface area (Å²) in [7, 11) is 0. The quantitative estimate of drug-likeness (QED) is 0.711. The Morgan fingerprint density at radius 2 is 1.52 bits per heavy atom. The van der Waals surface area contributed by atoms with Gasteiger partial charge in [-0.3, -0.25) is 0 Å². The molecule has 0 amide bonds. The van der Waals surface area contributed by atoms with Crippen LogP contribution in [0.25, 0.3) is 0 Å². The van der Waals surface area contributed by atoms with Crippen LogP contribution in [0.3, 0.4) is 0 Å². The van der Waals surface area contributed by atoms with Gasteiger partial charge < -0.3 is 5.32 Å². The van der Waals surface area contributed by atoms with Crippen LogP contribution < -0.4 is 5.32 Å². The monoisotopic (exact) mass is 329 g/mol. The molecule has 0 bridgehead atoms. The number of benzene rings is 2. The smallest absolute Gasteiger partial charge is 0.142 e. The van der Waals surface area contributed by atoms with Gasteiger partial charge >= 0.3 is 0 Å². The van der Waals surface area contributed by atoms with Crippen molar-refractivity contribution in [1.29, 1.82) is 0 Å². The summed E-state index contributed by atoms with van der Waals surface area (Å²) >= 11 is 11.8. The van der Waals surface area contributed by atoms with Gasteiger partial charge in [0.25, 0.3) is 0 Å². The predicted octanol–water partition coefficient (Wildman–Crippen LogP) is 5.68. The molecule has 21 heavy (non-hydrogen) atoms. The standard InChI is InChI=1S/C16H15Cl2F2N/c1-9(11-3-5-12(19)6-4-11)21-10(2)13-7-16(20)15(18)8-14(13)17/h3-10,21H,1-2H3/t9-,10?/m1/s1. The second kappa shape index (κ2) is 6.73. The number of nitrogens with one attached hydrogen (secondary N) is 1. The van der Waals surface area contributed by atoms with Crippen LogP contribution in [0.2, 0.25) is 10.0 Å². The van der Waals surface area contributed by atoms with E-state index in [9.17, 15) is 8.78 Å². The molecule has 0 aliphatic carbocycles. The summed E-state index contributed by atoms with van der Waals surface area (Å²) < 4.78 is 26.5. The molecule has 0 spiro atoms. The van der Waals surface area contributed by atoms with E-state index in [0.29, 0.717) is 10.6 Å². The number of hydrogen-bond acceptors (Lipinski definition) is 1. The highest BCUT2D eigenvalue weighted by Gasteiger charge is 2.16. The molecular weight excluding hydrogens is 315 g/mol. The molecule has 0 saturated carbocycles. The van der Waals surface area contributed by atoms with Gasteiger partial charge in [0.15, 0.2) is 0 Å². The summed E-state index contributed by atoms with van der Waals surface area (Å²) in [6, 6.07) is 8.77. The van der Waals surface area contributed by atoms with Gasteiger partial charge in [0.1, 0.15) is 11.6 Å². The Morgan fingerprint density at radius 1 is 0.905 bits per heavy atom. The van der Waals surface area contributed by atoms with Crippen molar-refractivity contribution in [3.8, 4) is 0 Å². The first kappa shape index (κ1) is 16.2. The van der Waals surface area contributed by atoms with Crippen LogP contribution in [0.5, 0.6) is 0 Å². The third-order valence-electron chi connectivity index (χ3n) is 3.38. The van der Waals surface area contributed by atoms with Crippen LogP contribution in [0.4, 0.5) is 8.78 Å². The van der Waals surface area contributed by atoms with Crippen molar-refractivity contribution in [2.24, 2.45) is 0 Å². The van der Waals surface area contributed by atoms with E-state index in [1.165, 1.54) is 24.3 Å². The summed E-state index contributed by atoms with van der Waals surface area (Å²) in [5, 5.41) is 3.72. The van der Waals surface area contributed by atoms with E-state index in [4.69, 9.17) is 23.2 Å². The Hall–Kier alpha value is -1.16. The highest BCUT2D eigenvalue weighted by Crippen LogP contribution is 2.30. The van der Waals surface area contributed by atoms with Crippen molar-refractivity contribution in [2.45, 2.75) is 25.9 Å². The Balaban J connectivity index is 2.15. The Morgan fingerprint density at radius 3 is 2.14 bits per heavy atom. The summed E-state index contributed by atoms with van der Waals surface area (Å²) in [6.07, 6.45) is 0. The molecule has 1 nitrogen and oxygen atoms in total. The number of rotatable bonds is 4. The lowest BCUT2D eigenvalue weighted by Gasteiger charge is -2.22. The summed E-state index contributed by atoms with van der Waals surface area (Å²) in [4.78, 5) is 0. The normalized spacial score (nSPS) is 14.0. The lowest BCUT2D eigenvalue weighted by molar-refractivity contribution is 0.491. The SMILES string of the molecule is CC(N[C@H](C)c1ccc(F)cc1)c1cc(F)c(Cl)cc1Cl. The van der Waals surface area contributed by atoms with Gasteiger partial charge in [0.2, 0.25) is 0 Å². The summed E-state index contributed by atoms with van der Waals surface area (Å²) in [5.41, 5.74) is 1.57. The minimum Gasteiger partial charge on any atom is -0.304 e. The van der Waals surface area contributed by atoms with Gasteiger partial charge in [-0.1, -0.05) is 35.3 Å². The highest BCUT2D eigenvalue weighted by molar-refractivity contribution is 6.35. The zero-order valence-electron chi connectivity index (χ0n) is 11.6. The van der Waals surface area contributed by atoms with E-state index < -0.39 is 5.82 Å². The molecular formula is C16H15Cl2F2N. The lowest BCUT2D eigenvalue weighted by atomic mass is 10.0. The third-order valence-corrected chi connectivity index (χ3v) is 3.99. The Bertz CT molecular complexity index is 629. The molecule has 2 rings (SSSR count). The summed E-state index contributed by atoms with van der Waals surface area (Å²) in [6.45, 7) is 3.83. The van der Waals surface area contributed by atoms with Gasteiger partial charge in [-0.05, 0) is 49.2 Å². The molecule has 0 aromatic heterocycles. The van der Waals surface area contributed by atoms with Crippen LogP contribution in [0.1, 0.15) is 37.1 Å². The minimum atomic E-state index is -0.501. The van der Waals surface area contributed by atoms with Crippen molar-refractivity contribution in [3.63, 3.8) is 0 Å². The fourth-order valence-electron chi connectivity index (χ4n) is 2.18. The molecule has 0 radical (unpaired) electrons. The van der Waals surface area contributed by atoms with Crippen molar-refractivity contribution < 1.29 is 8.78 Å². The van der Waals surface area contributed by atoms with Crippen LogP contribution in [0, 0.1) is 11.6 Å². The summed E-state index contributed by atoms with van der Waals surface area (Å²) in [5.74, 6) is -0.777. The average molecular weight is 330 g/mol. The second-order valence-corrected chi connectivity index (χ2v) is 5.76. The molecule has 0 aliphatic rings. The van der Waals surface area contributed by atoms with E-state index >= 15 is 0 Å². The maximum atomic E-state index is 13.6. The minimum absolute atomic E-state index is 0.00235. The van der Waals surface area contributed by atoms with Gasteiger partial charge in [-0.2, -0.15) is 0 Å². The van der Waals surface area contributed by atoms with Crippen LogP contribution in [-0.2, 0) is 0 Å². The molecule has 0 heterocycles. The molecule has 2 atom stereocenters. The van der Waals surface area contributed by atoms with Crippen LogP contribution in [0.15, 0.2) is 36.4 Å². The number of hydrogen-bond donors (Lipinski definition) is 1. The predicted molar refractivity (Wildman–Crippen MR) is 82.8 cm³/mol. The van der Waals surface area contributed by atoms with Gasteiger partial charge in [-0.15, -0.1) is 0 Å². The Kier molecular flexibility index (Phi) is 5.20. The Labute approximate surface area is 132 Å². The fourth-order valence-corrected chi connectivity index (χ4v) is 2.73. The van der Waals surface area contributed by atoms with Crippen LogP contribution in [-0.4, -0.2) is 0 Å². The van der Waals surface area contributed by atoms with E-state index in [2.05, 4.69) is 5.32 Å². The van der Waals surface area contributed by atoms with Gasteiger partial charge in [-0.25, -0.2) is 8.78 Å². The first-order chi connectivity index (χ1) is 9.88. The maximum Gasteiger partial charge on any atom is 0.142 e. The van der Waals surface area contributed by atoms with Crippen molar-refractivity contribution >= 4 is 23.2 Å². The molecule has 0 fully saturated rings. The average Bonchev–Trinajstić information content (AvgIpc) is 2.43. The molecule has 0 saturated heterocycles. The van der Waals surface area contributed by atoms with E-state index in [1.807, 2.05) is 13.8 Å². The molecule has 112 valence electrons. The lowest BCUT2D eigenvalue weighted by Crippen LogP contribution is -2.22. The van der Waals surface area contributed by atoms with Crippen molar-refractivity contribution in [2.75, 3.05) is 0 Å². The second-order valence-electron chi connectivity index (χ2n) is 4.95. The van der Waals surface area contributed by atoms with Crippen molar-refractivity contribution in [3.05, 3.63) is 69.2 Å². The fraction of sp³-hybridized carbons (Fsp3) is 0.250. The molecule has 1 unspecified atom stereocenters. The first-order valence-electron chi connectivity index (χ1n) is 6.54. The number of halogens is 4. The van der Waals surface area contributed by atoms with Crippen molar-refractivity contribution in [1.82, 2.24) is 5.32 Å². The van der Waals surface area contributed by atoms with Gasteiger partial charge in [0, 0.05) is 17.1 Å². The maximum absolute atomic E-state index is 13.6. The van der Waals surface area contributed by atoms with E-state index in [1.54, 1.807) is 12.1 Å². The first-order valence-corrected chi connectivity index (χ1v) is 7.30. The zero-order valence-corrected chi connectivity index (χ0v) is 13.1.